The lowest BCUT2D eigenvalue weighted by atomic mass is 10.1. The molecule has 1 fully saturated rings. The molecular weight excluding hydrogens is 244 g/mol. The summed E-state index contributed by atoms with van der Waals surface area (Å²) >= 11 is 0. The number of carbonyl (C=O) groups excluding carboxylic acids is 1. The first-order valence-corrected chi connectivity index (χ1v) is 6.47. The van der Waals surface area contributed by atoms with Gasteiger partial charge in [0.2, 0.25) is 0 Å². The first-order chi connectivity index (χ1) is 9.13. The maximum Gasteiger partial charge on any atom is 0.257 e. The van der Waals surface area contributed by atoms with E-state index in [1.807, 2.05) is 6.92 Å². The van der Waals surface area contributed by atoms with E-state index in [1.165, 1.54) is 7.11 Å². The lowest BCUT2D eigenvalue weighted by molar-refractivity contribution is 0.0561. The van der Waals surface area contributed by atoms with Crippen molar-refractivity contribution >= 4 is 11.6 Å². The normalized spacial score (nSPS) is 19.9. The molecule has 104 valence electrons. The molecule has 0 aromatic heterocycles. The smallest absolute Gasteiger partial charge is 0.257 e. The molecule has 1 aliphatic heterocycles. The highest BCUT2D eigenvalue weighted by atomic mass is 16.5. The number of methoxy groups -OCH3 is 1. The van der Waals surface area contributed by atoms with Crippen molar-refractivity contribution in [3.05, 3.63) is 23.8 Å². The third kappa shape index (κ3) is 2.98. The Balaban J connectivity index is 2.25. The minimum Gasteiger partial charge on any atom is -0.494 e. The molecule has 1 saturated heterocycles. The standard InChI is InChI=1S/C14H20N2O3/c1-10-9-16(7-4-8-19-10)14(17)11-5-3-6-12(15)13(11)18-2/h3,5-6,10H,4,7-9,15H2,1-2H3. The molecule has 5 nitrogen and oxygen atoms in total. The number of hydrogen-bond donors (Lipinski definition) is 1. The van der Waals surface area contributed by atoms with E-state index in [-0.39, 0.29) is 12.0 Å². The van der Waals surface area contributed by atoms with E-state index in [2.05, 4.69) is 0 Å². The van der Waals surface area contributed by atoms with Gasteiger partial charge in [-0.2, -0.15) is 0 Å². The highest BCUT2D eigenvalue weighted by Gasteiger charge is 2.24. The summed E-state index contributed by atoms with van der Waals surface area (Å²) in [5.74, 6) is 0.395. The summed E-state index contributed by atoms with van der Waals surface area (Å²) in [6.45, 7) is 3.96. The molecule has 2 N–H and O–H groups in total. The minimum absolute atomic E-state index is 0.0542. The summed E-state index contributed by atoms with van der Waals surface area (Å²) in [5, 5.41) is 0. The van der Waals surface area contributed by atoms with Crippen molar-refractivity contribution in [3.8, 4) is 5.75 Å². The average molecular weight is 264 g/mol. The van der Waals surface area contributed by atoms with Crippen LogP contribution in [0.2, 0.25) is 0 Å². The van der Waals surface area contributed by atoms with Gasteiger partial charge in [0.1, 0.15) is 0 Å². The Morgan fingerprint density at radius 1 is 1.53 bits per heavy atom. The molecule has 0 radical (unpaired) electrons. The van der Waals surface area contributed by atoms with Gasteiger partial charge in [-0.15, -0.1) is 0 Å². The third-order valence-electron chi connectivity index (χ3n) is 3.22. The molecule has 5 heteroatoms. The van der Waals surface area contributed by atoms with Crippen molar-refractivity contribution in [2.45, 2.75) is 19.4 Å². The van der Waals surface area contributed by atoms with Gasteiger partial charge in [0, 0.05) is 19.7 Å². The average Bonchev–Trinajstić information content (AvgIpc) is 2.62. The zero-order chi connectivity index (χ0) is 13.8. The number of nitrogens with two attached hydrogens (primary N) is 1. The highest BCUT2D eigenvalue weighted by Crippen LogP contribution is 2.27. The molecule has 1 heterocycles. The minimum atomic E-state index is -0.0542. The number of nitrogens with zero attached hydrogens (tertiary/aromatic N) is 1. The SMILES string of the molecule is COc1c(N)cccc1C(=O)N1CCCOC(C)C1. The Morgan fingerprint density at radius 3 is 3.05 bits per heavy atom. The van der Waals surface area contributed by atoms with Crippen molar-refractivity contribution in [1.29, 1.82) is 0 Å². The lowest BCUT2D eigenvalue weighted by Gasteiger charge is -2.23. The third-order valence-corrected chi connectivity index (χ3v) is 3.22. The van der Waals surface area contributed by atoms with Gasteiger partial charge in [0.05, 0.1) is 24.5 Å². The Morgan fingerprint density at radius 2 is 2.32 bits per heavy atom. The molecular formula is C14H20N2O3. The first-order valence-electron chi connectivity index (χ1n) is 6.47. The molecule has 1 amide bonds. The van der Waals surface area contributed by atoms with Crippen molar-refractivity contribution in [1.82, 2.24) is 4.90 Å². The lowest BCUT2D eigenvalue weighted by Crippen LogP contribution is -2.36. The fraction of sp³-hybridized carbons (Fsp3) is 0.500. The second-order valence-electron chi connectivity index (χ2n) is 4.71. The van der Waals surface area contributed by atoms with Crippen molar-refractivity contribution < 1.29 is 14.3 Å². The Bertz CT molecular complexity index is 462. The largest absolute Gasteiger partial charge is 0.494 e. The Hall–Kier alpha value is -1.75. The van der Waals surface area contributed by atoms with Crippen LogP contribution in [0.25, 0.3) is 0 Å². The Kier molecular flexibility index (Phi) is 4.27. The van der Waals surface area contributed by atoms with Gasteiger partial charge in [0.15, 0.2) is 5.75 Å². The van der Waals surface area contributed by atoms with Crippen LogP contribution in [0.4, 0.5) is 5.69 Å². The number of nitrogen functional groups attached to an aromatic ring is 1. The first kappa shape index (κ1) is 13.7. The van der Waals surface area contributed by atoms with Crippen LogP contribution in [0.1, 0.15) is 23.7 Å². The van der Waals surface area contributed by atoms with E-state index in [9.17, 15) is 4.79 Å². The number of benzene rings is 1. The number of ether oxygens (including phenoxy) is 2. The fourth-order valence-electron chi connectivity index (χ4n) is 2.30. The summed E-state index contributed by atoms with van der Waals surface area (Å²) in [6, 6.07) is 5.24. The second-order valence-corrected chi connectivity index (χ2v) is 4.71. The zero-order valence-corrected chi connectivity index (χ0v) is 11.4. The number of hydrogen-bond acceptors (Lipinski definition) is 4. The van der Waals surface area contributed by atoms with Crippen LogP contribution in [0, 0.1) is 0 Å². The number of carbonyl (C=O) groups is 1. The topological polar surface area (TPSA) is 64.8 Å². The summed E-state index contributed by atoms with van der Waals surface area (Å²) in [4.78, 5) is 14.4. The van der Waals surface area contributed by atoms with Crippen LogP contribution in [0.15, 0.2) is 18.2 Å². The van der Waals surface area contributed by atoms with E-state index < -0.39 is 0 Å². The number of para-hydroxylation sites is 1. The van der Waals surface area contributed by atoms with E-state index >= 15 is 0 Å². The quantitative estimate of drug-likeness (QED) is 0.823. The monoisotopic (exact) mass is 264 g/mol. The van der Waals surface area contributed by atoms with Crippen molar-refractivity contribution in [2.24, 2.45) is 0 Å². The van der Waals surface area contributed by atoms with E-state index in [4.69, 9.17) is 15.2 Å². The number of amides is 1. The Labute approximate surface area is 113 Å². The molecule has 1 unspecified atom stereocenters. The van der Waals surface area contributed by atoms with Gasteiger partial charge >= 0.3 is 0 Å². The van der Waals surface area contributed by atoms with Crippen molar-refractivity contribution in [2.75, 3.05) is 32.5 Å². The fourth-order valence-corrected chi connectivity index (χ4v) is 2.30. The van der Waals surface area contributed by atoms with Crippen LogP contribution in [-0.2, 0) is 4.74 Å². The predicted molar refractivity (Wildman–Crippen MR) is 73.3 cm³/mol. The van der Waals surface area contributed by atoms with Crippen LogP contribution >= 0.6 is 0 Å². The van der Waals surface area contributed by atoms with Crippen LogP contribution in [0.5, 0.6) is 5.75 Å². The summed E-state index contributed by atoms with van der Waals surface area (Å²) in [7, 11) is 1.52. The maximum absolute atomic E-state index is 12.6. The van der Waals surface area contributed by atoms with E-state index in [0.717, 1.165) is 6.42 Å². The van der Waals surface area contributed by atoms with Gasteiger partial charge in [0.25, 0.3) is 5.91 Å². The van der Waals surface area contributed by atoms with Crippen molar-refractivity contribution in [3.63, 3.8) is 0 Å². The van der Waals surface area contributed by atoms with Crippen LogP contribution in [-0.4, -0.2) is 43.7 Å². The van der Waals surface area contributed by atoms with Gasteiger partial charge in [-0.05, 0) is 25.5 Å². The van der Waals surface area contributed by atoms with Gasteiger partial charge in [-0.25, -0.2) is 0 Å². The summed E-state index contributed by atoms with van der Waals surface area (Å²) in [6.07, 6.45) is 0.902. The van der Waals surface area contributed by atoms with Gasteiger partial charge in [-0.3, -0.25) is 4.79 Å². The van der Waals surface area contributed by atoms with E-state index in [1.54, 1.807) is 23.1 Å². The molecule has 1 aliphatic rings. The predicted octanol–water partition coefficient (Wildman–Crippen LogP) is 1.53. The molecule has 0 spiro atoms. The number of rotatable bonds is 2. The molecule has 0 bridgehead atoms. The summed E-state index contributed by atoms with van der Waals surface area (Å²) in [5.41, 5.74) is 6.83. The summed E-state index contributed by atoms with van der Waals surface area (Å²) < 4.78 is 10.8. The zero-order valence-electron chi connectivity index (χ0n) is 11.4. The highest BCUT2D eigenvalue weighted by molar-refractivity contribution is 5.98. The van der Waals surface area contributed by atoms with Gasteiger partial charge < -0.3 is 20.1 Å². The van der Waals surface area contributed by atoms with E-state index in [0.29, 0.717) is 36.7 Å². The molecule has 1 atom stereocenters. The van der Waals surface area contributed by atoms with Gasteiger partial charge in [-0.1, -0.05) is 6.07 Å². The molecule has 1 aromatic carbocycles. The second kappa shape index (κ2) is 5.93. The maximum atomic E-state index is 12.6. The molecule has 0 aliphatic carbocycles. The molecule has 1 aromatic rings. The molecule has 2 rings (SSSR count). The molecule has 0 saturated carbocycles. The number of anilines is 1. The molecule has 19 heavy (non-hydrogen) atoms. The van der Waals surface area contributed by atoms with Crippen LogP contribution < -0.4 is 10.5 Å². The van der Waals surface area contributed by atoms with Crippen LogP contribution in [0.3, 0.4) is 0 Å².